The lowest BCUT2D eigenvalue weighted by atomic mass is 10.2. The van der Waals surface area contributed by atoms with E-state index < -0.39 is 14.4 Å². The van der Waals surface area contributed by atoms with Crippen LogP contribution in [-0.4, -0.2) is 37.8 Å². The molecule has 4 heteroatoms. The quantitative estimate of drug-likeness (QED) is 0.587. The summed E-state index contributed by atoms with van der Waals surface area (Å²) in [4.78, 5) is 0. The molecule has 0 heterocycles. The molecule has 2 N–H and O–H groups in total. The summed E-state index contributed by atoms with van der Waals surface area (Å²) >= 11 is 0. The maximum Gasteiger partial charge on any atom is 0.191 e. The maximum atomic E-state index is 9.56. The molecule has 3 nitrogen and oxygen atoms in total. The molecule has 0 saturated heterocycles. The number of rotatable bonds is 5. The highest BCUT2D eigenvalue weighted by Gasteiger charge is 2.36. The summed E-state index contributed by atoms with van der Waals surface area (Å²) < 4.78 is 5.93. The summed E-state index contributed by atoms with van der Waals surface area (Å²) in [6, 6.07) is 0. The van der Waals surface area contributed by atoms with Gasteiger partial charge in [-0.15, -0.1) is 0 Å². The Morgan fingerprint density at radius 2 is 1.88 bits per heavy atom. The first-order valence-electron chi connectivity index (χ1n) is 6.12. The Balaban J connectivity index is 3.97. The van der Waals surface area contributed by atoms with Gasteiger partial charge in [-0.2, -0.15) is 0 Å². The standard InChI is InChI=1S/C13H26O3Si/c1-13(2,3)17(4,5)16-11-9-12(15)8-6-7-10-14/h12,14-15H,7,9-11H2,1-5H3. The van der Waals surface area contributed by atoms with Crippen molar-refractivity contribution in [2.45, 2.75) is 57.8 Å². The number of hydrogen-bond acceptors (Lipinski definition) is 3. The van der Waals surface area contributed by atoms with Crippen LogP contribution in [0.4, 0.5) is 0 Å². The molecule has 0 fully saturated rings. The second-order valence-electron chi connectivity index (χ2n) is 5.71. The monoisotopic (exact) mass is 258 g/mol. The van der Waals surface area contributed by atoms with Gasteiger partial charge in [-0.25, -0.2) is 0 Å². The van der Waals surface area contributed by atoms with Crippen molar-refractivity contribution >= 4 is 8.32 Å². The second-order valence-corrected chi connectivity index (χ2v) is 10.5. The van der Waals surface area contributed by atoms with E-state index in [4.69, 9.17) is 9.53 Å². The Kier molecular flexibility index (Phi) is 7.03. The molecule has 0 bridgehead atoms. The summed E-state index contributed by atoms with van der Waals surface area (Å²) in [5, 5.41) is 18.3. The Hall–Kier alpha value is -0.343. The first-order chi connectivity index (χ1) is 7.70. The normalized spacial score (nSPS) is 14.1. The number of aliphatic hydroxyl groups excluding tert-OH is 2. The SMILES string of the molecule is CC(C)(C)[Si](C)(C)OCCC(O)C#CCCO. The van der Waals surface area contributed by atoms with E-state index in [0.717, 1.165) is 0 Å². The van der Waals surface area contributed by atoms with Gasteiger partial charge < -0.3 is 14.6 Å². The summed E-state index contributed by atoms with van der Waals surface area (Å²) in [7, 11) is -1.71. The molecule has 0 radical (unpaired) electrons. The molecule has 0 aromatic heterocycles. The Labute approximate surface area is 106 Å². The zero-order valence-electron chi connectivity index (χ0n) is 11.7. The van der Waals surface area contributed by atoms with E-state index in [0.29, 0.717) is 19.4 Å². The molecule has 0 amide bonds. The van der Waals surface area contributed by atoms with Crippen molar-refractivity contribution in [3.8, 4) is 11.8 Å². The minimum Gasteiger partial charge on any atom is -0.417 e. The third-order valence-corrected chi connectivity index (χ3v) is 7.70. The molecular formula is C13H26O3Si. The van der Waals surface area contributed by atoms with Crippen LogP contribution in [0.2, 0.25) is 18.1 Å². The van der Waals surface area contributed by atoms with Crippen molar-refractivity contribution < 1.29 is 14.6 Å². The van der Waals surface area contributed by atoms with Crippen molar-refractivity contribution in [3.63, 3.8) is 0 Å². The van der Waals surface area contributed by atoms with Crippen molar-refractivity contribution in [1.82, 2.24) is 0 Å². The van der Waals surface area contributed by atoms with Crippen LogP contribution < -0.4 is 0 Å². The van der Waals surface area contributed by atoms with Gasteiger partial charge in [-0.1, -0.05) is 32.6 Å². The van der Waals surface area contributed by atoms with Crippen molar-refractivity contribution in [2.75, 3.05) is 13.2 Å². The molecule has 1 atom stereocenters. The average molecular weight is 258 g/mol. The van der Waals surface area contributed by atoms with Crippen molar-refractivity contribution in [2.24, 2.45) is 0 Å². The topological polar surface area (TPSA) is 49.7 Å². The first-order valence-corrected chi connectivity index (χ1v) is 9.03. The molecule has 0 aromatic carbocycles. The van der Waals surface area contributed by atoms with Crippen LogP contribution in [0.5, 0.6) is 0 Å². The molecule has 100 valence electrons. The molecule has 0 spiro atoms. The Morgan fingerprint density at radius 1 is 1.29 bits per heavy atom. The van der Waals surface area contributed by atoms with Crippen LogP contribution in [0.3, 0.4) is 0 Å². The zero-order chi connectivity index (χ0) is 13.5. The Morgan fingerprint density at radius 3 is 2.35 bits per heavy atom. The van der Waals surface area contributed by atoms with Crippen LogP contribution in [0.15, 0.2) is 0 Å². The van der Waals surface area contributed by atoms with Crippen molar-refractivity contribution in [3.05, 3.63) is 0 Å². The van der Waals surface area contributed by atoms with Gasteiger partial charge >= 0.3 is 0 Å². The molecule has 17 heavy (non-hydrogen) atoms. The van der Waals surface area contributed by atoms with Gasteiger partial charge in [0.2, 0.25) is 0 Å². The lowest BCUT2D eigenvalue weighted by molar-refractivity contribution is 0.179. The third-order valence-electron chi connectivity index (χ3n) is 3.17. The number of hydrogen-bond donors (Lipinski definition) is 2. The maximum absolute atomic E-state index is 9.56. The van der Waals surface area contributed by atoms with E-state index in [1.807, 2.05) is 0 Å². The van der Waals surface area contributed by atoms with Gasteiger partial charge in [0, 0.05) is 19.4 Å². The highest BCUT2D eigenvalue weighted by atomic mass is 28.4. The third kappa shape index (κ3) is 6.84. The van der Waals surface area contributed by atoms with Gasteiger partial charge in [-0.05, 0) is 18.1 Å². The molecule has 0 aliphatic heterocycles. The molecule has 0 aliphatic rings. The molecule has 0 aromatic rings. The molecular weight excluding hydrogens is 232 g/mol. The van der Waals surface area contributed by atoms with E-state index in [2.05, 4.69) is 45.7 Å². The first kappa shape index (κ1) is 16.7. The largest absolute Gasteiger partial charge is 0.417 e. The van der Waals surface area contributed by atoms with Crippen LogP contribution >= 0.6 is 0 Å². The molecule has 0 aliphatic carbocycles. The minimum absolute atomic E-state index is 0.0419. The lowest BCUT2D eigenvalue weighted by Gasteiger charge is -2.36. The van der Waals surface area contributed by atoms with Gasteiger partial charge in [0.15, 0.2) is 8.32 Å². The fourth-order valence-corrected chi connectivity index (χ4v) is 2.02. The van der Waals surface area contributed by atoms with E-state index in [9.17, 15) is 5.11 Å². The van der Waals surface area contributed by atoms with Crippen LogP contribution in [0, 0.1) is 11.8 Å². The summed E-state index contributed by atoms with van der Waals surface area (Å²) in [6.07, 6.45) is 0.303. The zero-order valence-corrected chi connectivity index (χ0v) is 12.7. The smallest absolute Gasteiger partial charge is 0.191 e. The van der Waals surface area contributed by atoms with Crippen LogP contribution in [0.1, 0.15) is 33.6 Å². The van der Waals surface area contributed by atoms with Crippen LogP contribution in [0.25, 0.3) is 0 Å². The Bertz CT molecular complexity index is 271. The van der Waals surface area contributed by atoms with Crippen LogP contribution in [-0.2, 0) is 4.43 Å². The minimum atomic E-state index is -1.71. The number of aliphatic hydroxyl groups is 2. The highest BCUT2D eigenvalue weighted by Crippen LogP contribution is 2.36. The lowest BCUT2D eigenvalue weighted by Crippen LogP contribution is -2.41. The highest BCUT2D eigenvalue weighted by molar-refractivity contribution is 6.74. The van der Waals surface area contributed by atoms with E-state index in [1.165, 1.54) is 0 Å². The van der Waals surface area contributed by atoms with E-state index in [-0.39, 0.29) is 11.6 Å². The summed E-state index contributed by atoms with van der Waals surface area (Å²) in [5.41, 5.74) is 0. The van der Waals surface area contributed by atoms with E-state index in [1.54, 1.807) is 0 Å². The summed E-state index contributed by atoms with van der Waals surface area (Å²) in [6.45, 7) is 11.5. The fraction of sp³-hybridized carbons (Fsp3) is 0.846. The summed E-state index contributed by atoms with van der Waals surface area (Å²) in [5.74, 6) is 5.41. The molecule has 0 rings (SSSR count). The van der Waals surface area contributed by atoms with Gasteiger partial charge in [0.05, 0.1) is 6.61 Å². The second kappa shape index (κ2) is 7.17. The van der Waals surface area contributed by atoms with E-state index >= 15 is 0 Å². The van der Waals surface area contributed by atoms with Gasteiger partial charge in [0.25, 0.3) is 0 Å². The predicted molar refractivity (Wildman–Crippen MR) is 73.3 cm³/mol. The predicted octanol–water partition coefficient (Wildman–Crippen LogP) is 2.15. The molecule has 1 unspecified atom stereocenters. The molecule has 0 saturated carbocycles. The van der Waals surface area contributed by atoms with Gasteiger partial charge in [0.1, 0.15) is 6.10 Å². The average Bonchev–Trinajstić information content (AvgIpc) is 2.16. The van der Waals surface area contributed by atoms with Crippen molar-refractivity contribution in [1.29, 1.82) is 0 Å². The van der Waals surface area contributed by atoms with Gasteiger partial charge in [-0.3, -0.25) is 0 Å². The fourth-order valence-electron chi connectivity index (χ4n) is 0.960.